The van der Waals surface area contributed by atoms with E-state index in [-0.39, 0.29) is 17.2 Å². The van der Waals surface area contributed by atoms with Crippen LogP contribution in [0.2, 0.25) is 5.02 Å². The van der Waals surface area contributed by atoms with Gasteiger partial charge in [0.1, 0.15) is 22.3 Å². The number of pyridine rings is 1. The zero-order valence-corrected chi connectivity index (χ0v) is 18.7. The molecule has 6 nitrogen and oxygen atoms in total. The lowest BCUT2D eigenvalue weighted by atomic mass is 10.1. The number of rotatable bonds is 6. The Bertz CT molecular complexity index is 1270. The molecule has 0 bridgehead atoms. The van der Waals surface area contributed by atoms with E-state index < -0.39 is 0 Å². The van der Waals surface area contributed by atoms with E-state index in [1.807, 2.05) is 49.4 Å². The van der Waals surface area contributed by atoms with Crippen LogP contribution in [-0.4, -0.2) is 20.7 Å². The lowest BCUT2D eigenvalue weighted by Crippen LogP contribution is -2.14. The zero-order valence-electron chi connectivity index (χ0n) is 17.1. The van der Waals surface area contributed by atoms with Crippen molar-refractivity contribution in [2.45, 2.75) is 6.92 Å². The summed E-state index contributed by atoms with van der Waals surface area (Å²) in [5.74, 6) is 0.795. The number of nitrogens with zero attached hydrogens (tertiary/aromatic N) is 1. The highest BCUT2D eigenvalue weighted by atomic mass is 35.5. The van der Waals surface area contributed by atoms with Gasteiger partial charge < -0.3 is 21.4 Å². The number of aromatic nitrogens is 2. The van der Waals surface area contributed by atoms with Crippen molar-refractivity contribution in [1.29, 1.82) is 0 Å². The van der Waals surface area contributed by atoms with Crippen molar-refractivity contribution in [2.24, 2.45) is 0 Å². The topological polar surface area (TPSA) is 95.8 Å². The van der Waals surface area contributed by atoms with Gasteiger partial charge in [-0.15, -0.1) is 0 Å². The predicted molar refractivity (Wildman–Crippen MR) is 134 cm³/mol. The summed E-state index contributed by atoms with van der Waals surface area (Å²) in [5.41, 5.74) is 9.69. The van der Waals surface area contributed by atoms with Crippen LogP contribution in [0.4, 0.5) is 23.0 Å². The van der Waals surface area contributed by atoms with Gasteiger partial charge >= 0.3 is 0 Å². The van der Waals surface area contributed by atoms with E-state index in [1.165, 1.54) is 0 Å². The first-order valence-electron chi connectivity index (χ1n) is 9.80. The summed E-state index contributed by atoms with van der Waals surface area (Å²) in [6.45, 7) is 1.95. The summed E-state index contributed by atoms with van der Waals surface area (Å²) in [6, 6.07) is 19.9. The molecule has 0 atom stereocenters. The number of hydrogen-bond acceptors (Lipinski definition) is 5. The Kier molecular flexibility index (Phi) is 6.20. The number of H-pyrrole nitrogens is 1. The molecule has 160 valence electrons. The SMILES string of the molecule is Cc1ccc(Nc2[nH]c(C(=O)c3ccc(Cl)cc3)c(N)c2C(=S)Nc2ccccc2)nc1. The monoisotopic (exact) mass is 461 g/mol. The van der Waals surface area contributed by atoms with Crippen LogP contribution < -0.4 is 16.4 Å². The van der Waals surface area contributed by atoms with Gasteiger partial charge in [-0.3, -0.25) is 4.79 Å². The van der Waals surface area contributed by atoms with Gasteiger partial charge in [-0.25, -0.2) is 4.98 Å². The Hall–Kier alpha value is -3.68. The summed E-state index contributed by atoms with van der Waals surface area (Å²) < 4.78 is 0. The van der Waals surface area contributed by atoms with Crippen molar-refractivity contribution in [3.05, 3.63) is 100 Å². The van der Waals surface area contributed by atoms with Gasteiger partial charge in [-0.05, 0) is 55.0 Å². The van der Waals surface area contributed by atoms with Crippen LogP contribution in [0.5, 0.6) is 0 Å². The van der Waals surface area contributed by atoms with Crippen LogP contribution in [0.15, 0.2) is 72.9 Å². The van der Waals surface area contributed by atoms with Crippen molar-refractivity contribution < 1.29 is 4.79 Å². The summed E-state index contributed by atoms with van der Waals surface area (Å²) in [5, 5.41) is 6.92. The van der Waals surface area contributed by atoms with Crippen molar-refractivity contribution in [3.8, 4) is 0 Å². The molecule has 0 aliphatic heterocycles. The lowest BCUT2D eigenvalue weighted by molar-refractivity contribution is 0.103. The fourth-order valence-corrected chi connectivity index (χ4v) is 3.61. The number of carbonyl (C=O) groups is 1. The van der Waals surface area contributed by atoms with E-state index in [4.69, 9.17) is 29.6 Å². The first-order chi connectivity index (χ1) is 15.4. The minimum absolute atomic E-state index is 0.231. The first kappa shape index (κ1) is 21.5. The lowest BCUT2D eigenvalue weighted by Gasteiger charge is -2.11. The molecule has 0 spiro atoms. The Morgan fingerprint density at radius 3 is 2.44 bits per heavy atom. The molecule has 2 aromatic heterocycles. The van der Waals surface area contributed by atoms with E-state index >= 15 is 0 Å². The average Bonchev–Trinajstić information content (AvgIpc) is 3.11. The number of nitrogen functional groups attached to an aromatic ring is 1. The number of halogens is 1. The summed E-state index contributed by atoms with van der Waals surface area (Å²) in [4.78, 5) is 21.0. The number of benzene rings is 2. The standard InChI is InChI=1S/C24H20ClN5OS/c1-14-7-12-18(27-13-14)29-23-19(24(32)28-17-5-3-2-4-6-17)20(26)21(30-23)22(31)15-8-10-16(25)11-9-15/h2-13,30H,26H2,1H3,(H,27,29)(H,28,32). The summed E-state index contributed by atoms with van der Waals surface area (Å²) in [7, 11) is 0. The summed E-state index contributed by atoms with van der Waals surface area (Å²) >= 11 is 11.6. The molecular weight excluding hydrogens is 442 g/mol. The van der Waals surface area contributed by atoms with Crippen LogP contribution in [0.1, 0.15) is 27.2 Å². The second kappa shape index (κ2) is 9.21. The van der Waals surface area contributed by atoms with Crippen LogP contribution in [-0.2, 0) is 0 Å². The van der Waals surface area contributed by atoms with Gasteiger partial charge in [0.25, 0.3) is 0 Å². The quantitative estimate of drug-likeness (QED) is 0.217. The number of para-hydroxylation sites is 1. The highest BCUT2D eigenvalue weighted by Gasteiger charge is 2.24. The number of aryl methyl sites for hydroxylation is 1. The maximum Gasteiger partial charge on any atom is 0.211 e. The fraction of sp³-hybridized carbons (Fsp3) is 0.0417. The molecule has 32 heavy (non-hydrogen) atoms. The fourth-order valence-electron chi connectivity index (χ4n) is 3.15. The molecule has 8 heteroatoms. The molecular formula is C24H20ClN5OS. The molecule has 0 radical (unpaired) electrons. The van der Waals surface area contributed by atoms with E-state index in [0.29, 0.717) is 32.8 Å². The van der Waals surface area contributed by atoms with Gasteiger partial charge in [-0.1, -0.05) is 48.1 Å². The minimum atomic E-state index is -0.271. The molecule has 2 heterocycles. The number of nitrogens with two attached hydrogens (primary N) is 1. The van der Waals surface area contributed by atoms with Crippen molar-refractivity contribution in [2.75, 3.05) is 16.4 Å². The van der Waals surface area contributed by atoms with Crippen molar-refractivity contribution >= 4 is 57.6 Å². The third kappa shape index (κ3) is 4.64. The molecule has 0 aliphatic rings. The maximum atomic E-state index is 13.2. The van der Waals surface area contributed by atoms with Gasteiger partial charge in [0.05, 0.1) is 11.3 Å². The van der Waals surface area contributed by atoms with E-state index in [9.17, 15) is 4.79 Å². The molecule has 0 aliphatic carbocycles. The Balaban J connectivity index is 1.74. The molecule has 5 N–H and O–H groups in total. The number of thiocarbonyl (C=S) groups is 1. The molecule has 0 saturated heterocycles. The second-order valence-corrected chi connectivity index (χ2v) is 8.01. The Morgan fingerprint density at radius 2 is 1.78 bits per heavy atom. The zero-order chi connectivity index (χ0) is 22.7. The molecule has 0 fully saturated rings. The van der Waals surface area contributed by atoms with Gasteiger partial charge in [-0.2, -0.15) is 0 Å². The molecule has 0 amide bonds. The van der Waals surface area contributed by atoms with E-state index in [2.05, 4.69) is 20.6 Å². The molecule has 2 aromatic carbocycles. The highest BCUT2D eigenvalue weighted by Crippen LogP contribution is 2.31. The van der Waals surface area contributed by atoms with Gasteiger partial charge in [0.2, 0.25) is 5.78 Å². The number of anilines is 4. The molecule has 4 rings (SSSR count). The largest absolute Gasteiger partial charge is 0.396 e. The predicted octanol–water partition coefficient (Wildman–Crippen LogP) is 5.72. The van der Waals surface area contributed by atoms with Crippen LogP contribution in [0.25, 0.3) is 0 Å². The number of hydrogen-bond donors (Lipinski definition) is 4. The third-order valence-electron chi connectivity index (χ3n) is 4.80. The van der Waals surface area contributed by atoms with Crippen LogP contribution in [0.3, 0.4) is 0 Å². The normalized spacial score (nSPS) is 10.6. The van der Waals surface area contributed by atoms with Gasteiger partial charge in [0.15, 0.2) is 0 Å². The molecule has 0 saturated carbocycles. The smallest absolute Gasteiger partial charge is 0.211 e. The Labute approximate surface area is 195 Å². The second-order valence-electron chi connectivity index (χ2n) is 7.17. The van der Waals surface area contributed by atoms with Crippen molar-refractivity contribution in [3.63, 3.8) is 0 Å². The van der Waals surface area contributed by atoms with E-state index in [1.54, 1.807) is 30.5 Å². The Morgan fingerprint density at radius 1 is 1.06 bits per heavy atom. The maximum absolute atomic E-state index is 13.2. The number of carbonyl (C=O) groups excluding carboxylic acids is 1. The first-order valence-corrected chi connectivity index (χ1v) is 10.6. The van der Waals surface area contributed by atoms with Crippen LogP contribution >= 0.6 is 23.8 Å². The molecule has 0 unspecified atom stereocenters. The van der Waals surface area contributed by atoms with Crippen LogP contribution in [0, 0.1) is 6.92 Å². The average molecular weight is 462 g/mol. The van der Waals surface area contributed by atoms with E-state index in [0.717, 1.165) is 11.3 Å². The third-order valence-corrected chi connectivity index (χ3v) is 5.35. The minimum Gasteiger partial charge on any atom is -0.396 e. The number of nitrogens with one attached hydrogen (secondary N) is 3. The van der Waals surface area contributed by atoms with Crippen molar-refractivity contribution in [1.82, 2.24) is 9.97 Å². The number of ketones is 1. The summed E-state index contributed by atoms with van der Waals surface area (Å²) in [6.07, 6.45) is 1.74. The highest BCUT2D eigenvalue weighted by molar-refractivity contribution is 7.81. The van der Waals surface area contributed by atoms with Gasteiger partial charge in [0, 0.05) is 22.5 Å². The number of aromatic amines is 1. The molecule has 4 aromatic rings.